The van der Waals surface area contributed by atoms with Crippen LogP contribution in [0.3, 0.4) is 0 Å². The molecule has 1 saturated carbocycles. The third-order valence-electron chi connectivity index (χ3n) is 3.66. The first kappa shape index (κ1) is 14.4. The van der Waals surface area contributed by atoms with Crippen LogP contribution in [-0.4, -0.2) is 26.8 Å². The predicted octanol–water partition coefficient (Wildman–Crippen LogP) is 2.72. The van der Waals surface area contributed by atoms with Crippen LogP contribution in [0.4, 0.5) is 5.69 Å². The number of nitrogens with one attached hydrogen (secondary N) is 2. The maximum atomic E-state index is 12.2. The minimum Gasteiger partial charge on any atom is -0.314 e. The number of benzene rings is 2. The monoisotopic (exact) mass is 304 g/mol. The molecule has 0 saturated heterocycles. The Morgan fingerprint density at radius 1 is 1.05 bits per heavy atom. The molecule has 3 rings (SSSR count). The first-order valence-electron chi connectivity index (χ1n) is 7.36. The molecule has 0 heterocycles. The summed E-state index contributed by atoms with van der Waals surface area (Å²) in [6.07, 6.45) is 3.08. The van der Waals surface area contributed by atoms with Gasteiger partial charge in [-0.3, -0.25) is 4.72 Å². The van der Waals surface area contributed by atoms with Crippen molar-refractivity contribution < 1.29 is 8.42 Å². The first-order chi connectivity index (χ1) is 10.1. The van der Waals surface area contributed by atoms with Crippen LogP contribution < -0.4 is 10.0 Å². The first-order valence-corrected chi connectivity index (χ1v) is 9.01. The van der Waals surface area contributed by atoms with Crippen molar-refractivity contribution in [2.24, 2.45) is 0 Å². The van der Waals surface area contributed by atoms with Crippen LogP contribution in [0, 0.1) is 0 Å². The second kappa shape index (κ2) is 6.03. The maximum absolute atomic E-state index is 12.2. The van der Waals surface area contributed by atoms with E-state index in [1.165, 1.54) is 12.8 Å². The Morgan fingerprint density at radius 2 is 1.81 bits per heavy atom. The summed E-state index contributed by atoms with van der Waals surface area (Å²) in [5.74, 6) is 0.149. The Morgan fingerprint density at radius 3 is 2.62 bits per heavy atom. The van der Waals surface area contributed by atoms with Crippen LogP contribution >= 0.6 is 0 Å². The number of hydrogen-bond donors (Lipinski definition) is 2. The second-order valence-electron chi connectivity index (χ2n) is 5.53. The van der Waals surface area contributed by atoms with Crippen LogP contribution in [0.1, 0.15) is 19.3 Å². The highest BCUT2D eigenvalue weighted by atomic mass is 32.2. The lowest BCUT2D eigenvalue weighted by Gasteiger charge is -2.11. The summed E-state index contributed by atoms with van der Waals surface area (Å²) >= 11 is 0. The van der Waals surface area contributed by atoms with Gasteiger partial charge in [-0.15, -0.1) is 0 Å². The quantitative estimate of drug-likeness (QED) is 0.773. The van der Waals surface area contributed by atoms with Crippen molar-refractivity contribution >= 4 is 26.5 Å². The smallest absolute Gasteiger partial charge is 0.232 e. The summed E-state index contributed by atoms with van der Waals surface area (Å²) in [5.41, 5.74) is 0.656. The molecule has 0 aliphatic heterocycles. The van der Waals surface area contributed by atoms with Crippen LogP contribution in [-0.2, 0) is 10.0 Å². The fourth-order valence-corrected chi connectivity index (χ4v) is 3.53. The summed E-state index contributed by atoms with van der Waals surface area (Å²) in [4.78, 5) is 0. The fourth-order valence-electron chi connectivity index (χ4n) is 2.39. The third-order valence-corrected chi connectivity index (χ3v) is 5.01. The number of hydrogen-bond acceptors (Lipinski definition) is 3. The predicted molar refractivity (Wildman–Crippen MR) is 87.0 cm³/mol. The zero-order valence-electron chi connectivity index (χ0n) is 11.9. The van der Waals surface area contributed by atoms with Gasteiger partial charge in [-0.05, 0) is 37.3 Å². The second-order valence-corrected chi connectivity index (χ2v) is 7.37. The van der Waals surface area contributed by atoms with Gasteiger partial charge in [0.2, 0.25) is 10.0 Å². The van der Waals surface area contributed by atoms with E-state index in [9.17, 15) is 8.42 Å². The lowest BCUT2D eigenvalue weighted by molar-refractivity contribution is 0.593. The van der Waals surface area contributed by atoms with Crippen LogP contribution in [0.2, 0.25) is 0 Å². The maximum Gasteiger partial charge on any atom is 0.232 e. The van der Waals surface area contributed by atoms with Crippen LogP contribution in [0.15, 0.2) is 42.5 Å². The topological polar surface area (TPSA) is 58.2 Å². The largest absolute Gasteiger partial charge is 0.314 e. The van der Waals surface area contributed by atoms with E-state index in [-0.39, 0.29) is 5.75 Å². The lowest BCUT2D eigenvalue weighted by Crippen LogP contribution is -2.23. The SMILES string of the molecule is O=S(=O)(CCCNC1CC1)Nc1cccc2ccccc12. The molecule has 2 N–H and O–H groups in total. The van der Waals surface area contributed by atoms with Gasteiger partial charge in [-0.2, -0.15) is 0 Å². The van der Waals surface area contributed by atoms with Gasteiger partial charge in [0.05, 0.1) is 11.4 Å². The van der Waals surface area contributed by atoms with E-state index in [0.717, 1.165) is 17.3 Å². The summed E-state index contributed by atoms with van der Waals surface area (Å²) in [5, 5.41) is 5.30. The number of sulfonamides is 1. The third kappa shape index (κ3) is 3.95. The number of anilines is 1. The number of rotatable bonds is 7. The molecule has 2 aromatic rings. The molecule has 0 spiro atoms. The van der Waals surface area contributed by atoms with Crippen molar-refractivity contribution in [3.63, 3.8) is 0 Å². The molecule has 1 aliphatic rings. The molecular weight excluding hydrogens is 284 g/mol. The standard InChI is InChI=1S/C16H20N2O2S/c19-21(20,12-4-11-17-14-9-10-14)18-16-8-3-6-13-5-1-2-7-15(13)16/h1-3,5-8,14,17-18H,4,9-12H2. The van der Waals surface area contributed by atoms with E-state index in [0.29, 0.717) is 18.2 Å². The molecule has 1 aliphatic carbocycles. The Balaban J connectivity index is 1.65. The van der Waals surface area contributed by atoms with E-state index in [4.69, 9.17) is 0 Å². The molecule has 5 heteroatoms. The molecule has 1 fully saturated rings. The molecule has 0 aromatic heterocycles. The van der Waals surface area contributed by atoms with Gasteiger partial charge in [-0.1, -0.05) is 36.4 Å². The van der Waals surface area contributed by atoms with Crippen molar-refractivity contribution in [3.8, 4) is 0 Å². The Bertz CT molecular complexity index is 719. The summed E-state index contributed by atoms with van der Waals surface area (Å²) in [7, 11) is -3.29. The Hall–Kier alpha value is -1.59. The Kier molecular flexibility index (Phi) is 4.12. The van der Waals surface area contributed by atoms with Gasteiger partial charge in [0.25, 0.3) is 0 Å². The van der Waals surface area contributed by atoms with Crippen molar-refractivity contribution in [3.05, 3.63) is 42.5 Å². The average Bonchev–Trinajstić information content (AvgIpc) is 3.28. The molecule has 4 nitrogen and oxygen atoms in total. The minimum atomic E-state index is -3.29. The van der Waals surface area contributed by atoms with Gasteiger partial charge in [-0.25, -0.2) is 8.42 Å². The summed E-state index contributed by atoms with van der Waals surface area (Å²) in [6, 6.07) is 14.1. The van der Waals surface area contributed by atoms with Gasteiger partial charge in [0, 0.05) is 11.4 Å². The minimum absolute atomic E-state index is 0.149. The van der Waals surface area contributed by atoms with E-state index in [1.807, 2.05) is 42.5 Å². The van der Waals surface area contributed by atoms with Gasteiger partial charge in [0.1, 0.15) is 0 Å². The molecule has 112 valence electrons. The zero-order chi connectivity index (χ0) is 14.7. The molecular formula is C16H20N2O2S. The summed E-state index contributed by atoms with van der Waals surface area (Å²) < 4.78 is 27.0. The van der Waals surface area contributed by atoms with Crippen LogP contribution in [0.5, 0.6) is 0 Å². The van der Waals surface area contributed by atoms with E-state index >= 15 is 0 Å². The van der Waals surface area contributed by atoms with E-state index < -0.39 is 10.0 Å². The molecule has 0 amide bonds. The highest BCUT2D eigenvalue weighted by Gasteiger charge is 2.20. The highest BCUT2D eigenvalue weighted by molar-refractivity contribution is 7.92. The average molecular weight is 304 g/mol. The fraction of sp³-hybridized carbons (Fsp3) is 0.375. The van der Waals surface area contributed by atoms with Crippen molar-refractivity contribution in [1.82, 2.24) is 5.32 Å². The van der Waals surface area contributed by atoms with Gasteiger partial charge < -0.3 is 5.32 Å². The van der Waals surface area contributed by atoms with Crippen LogP contribution in [0.25, 0.3) is 10.8 Å². The highest BCUT2D eigenvalue weighted by Crippen LogP contribution is 2.24. The lowest BCUT2D eigenvalue weighted by atomic mass is 10.1. The van der Waals surface area contributed by atoms with E-state index in [2.05, 4.69) is 10.0 Å². The normalized spacial score (nSPS) is 15.2. The zero-order valence-corrected chi connectivity index (χ0v) is 12.7. The molecule has 2 aromatic carbocycles. The number of fused-ring (bicyclic) bond motifs is 1. The van der Waals surface area contributed by atoms with E-state index in [1.54, 1.807) is 0 Å². The molecule has 21 heavy (non-hydrogen) atoms. The van der Waals surface area contributed by atoms with Gasteiger partial charge in [0.15, 0.2) is 0 Å². The summed E-state index contributed by atoms with van der Waals surface area (Å²) in [6.45, 7) is 0.765. The molecule has 0 unspecified atom stereocenters. The van der Waals surface area contributed by atoms with Crippen molar-refractivity contribution in [2.45, 2.75) is 25.3 Å². The molecule has 0 radical (unpaired) electrons. The molecule has 0 bridgehead atoms. The molecule has 0 atom stereocenters. The van der Waals surface area contributed by atoms with Crippen molar-refractivity contribution in [2.75, 3.05) is 17.0 Å². The van der Waals surface area contributed by atoms with Crippen molar-refractivity contribution in [1.29, 1.82) is 0 Å². The Labute approximate surface area is 125 Å². The van der Waals surface area contributed by atoms with Gasteiger partial charge >= 0.3 is 0 Å².